The molecule has 0 rings (SSSR count). The summed E-state index contributed by atoms with van der Waals surface area (Å²) in [4.78, 5) is 0. The van der Waals surface area contributed by atoms with E-state index in [2.05, 4.69) is 13.8 Å². The van der Waals surface area contributed by atoms with E-state index in [9.17, 15) is 0 Å². The summed E-state index contributed by atoms with van der Waals surface area (Å²) >= 11 is 5.69. The summed E-state index contributed by atoms with van der Waals surface area (Å²) in [6.07, 6.45) is 9.14. The first-order chi connectivity index (χ1) is 5.85. The van der Waals surface area contributed by atoms with Gasteiger partial charge in [-0.25, -0.2) is 0 Å². The van der Waals surface area contributed by atoms with Crippen LogP contribution in [-0.4, -0.2) is 5.88 Å². The summed E-state index contributed by atoms with van der Waals surface area (Å²) < 4.78 is 0. The van der Waals surface area contributed by atoms with Crippen molar-refractivity contribution in [2.75, 3.05) is 5.88 Å². The van der Waals surface area contributed by atoms with Gasteiger partial charge in [-0.05, 0) is 25.2 Å². The molecule has 0 amide bonds. The molecule has 0 spiro atoms. The third kappa shape index (κ3) is 6.97. The van der Waals surface area contributed by atoms with Crippen LogP contribution in [0.25, 0.3) is 0 Å². The molecule has 1 radical (unpaired) electrons. The van der Waals surface area contributed by atoms with Crippen LogP contribution >= 0.6 is 11.6 Å². The van der Waals surface area contributed by atoms with E-state index < -0.39 is 0 Å². The molecule has 0 aliphatic rings. The van der Waals surface area contributed by atoms with Gasteiger partial charge in [0.2, 0.25) is 0 Å². The molecule has 0 aromatic heterocycles. The van der Waals surface area contributed by atoms with Gasteiger partial charge < -0.3 is 0 Å². The lowest BCUT2D eigenvalue weighted by atomic mass is 9.96. The van der Waals surface area contributed by atoms with Gasteiger partial charge in [0.15, 0.2) is 0 Å². The summed E-state index contributed by atoms with van der Waals surface area (Å²) in [5, 5.41) is 0. The van der Waals surface area contributed by atoms with Gasteiger partial charge in [-0.3, -0.25) is 0 Å². The van der Waals surface area contributed by atoms with Crippen molar-refractivity contribution in [3.63, 3.8) is 0 Å². The lowest BCUT2D eigenvalue weighted by Crippen LogP contribution is -1.96. The molecule has 0 fully saturated rings. The predicted molar refractivity (Wildman–Crippen MR) is 57.6 cm³/mol. The van der Waals surface area contributed by atoms with Crippen molar-refractivity contribution in [1.82, 2.24) is 0 Å². The Morgan fingerprint density at radius 2 is 1.75 bits per heavy atom. The summed E-state index contributed by atoms with van der Waals surface area (Å²) in [6, 6.07) is 0. The molecule has 0 nitrogen and oxygen atoms in total. The van der Waals surface area contributed by atoms with Crippen LogP contribution in [-0.2, 0) is 0 Å². The van der Waals surface area contributed by atoms with E-state index in [1.54, 1.807) is 5.92 Å². The van der Waals surface area contributed by atoms with E-state index in [0.29, 0.717) is 0 Å². The van der Waals surface area contributed by atoms with Crippen molar-refractivity contribution < 1.29 is 0 Å². The molecule has 0 N–H and O–H groups in total. The van der Waals surface area contributed by atoms with Gasteiger partial charge in [0, 0.05) is 5.88 Å². The number of halogens is 1. The molecule has 0 aliphatic heterocycles. The molecular weight excluding hydrogens is 168 g/mol. The first kappa shape index (κ1) is 12.3. The van der Waals surface area contributed by atoms with Gasteiger partial charge >= 0.3 is 0 Å². The van der Waals surface area contributed by atoms with E-state index in [-0.39, 0.29) is 0 Å². The molecule has 0 aromatic rings. The zero-order valence-electron chi connectivity index (χ0n) is 8.53. The van der Waals surface area contributed by atoms with Crippen LogP contribution in [0.1, 0.15) is 58.8 Å². The molecule has 0 aromatic carbocycles. The summed E-state index contributed by atoms with van der Waals surface area (Å²) in [5.41, 5.74) is 0. The van der Waals surface area contributed by atoms with E-state index in [1.807, 2.05) is 0 Å². The Bertz CT molecular complexity index is 81.1. The van der Waals surface area contributed by atoms with Gasteiger partial charge in [-0.2, -0.15) is 0 Å². The van der Waals surface area contributed by atoms with Gasteiger partial charge in [0.25, 0.3) is 0 Å². The topological polar surface area (TPSA) is 0 Å². The highest BCUT2D eigenvalue weighted by Gasteiger charge is 2.04. The van der Waals surface area contributed by atoms with Crippen molar-refractivity contribution in [1.29, 1.82) is 0 Å². The summed E-state index contributed by atoms with van der Waals surface area (Å²) in [6.45, 7) is 4.49. The Morgan fingerprint density at radius 1 is 1.00 bits per heavy atom. The van der Waals surface area contributed by atoms with Gasteiger partial charge in [-0.1, -0.05) is 39.5 Å². The van der Waals surface area contributed by atoms with Crippen LogP contribution in [0, 0.1) is 5.92 Å². The Morgan fingerprint density at radius 3 is 2.25 bits per heavy atom. The van der Waals surface area contributed by atoms with Gasteiger partial charge in [-0.15, -0.1) is 11.6 Å². The van der Waals surface area contributed by atoms with Gasteiger partial charge in [0.05, 0.1) is 0 Å². The first-order valence-electron chi connectivity index (χ1n) is 5.24. The average molecular weight is 190 g/mol. The molecule has 12 heavy (non-hydrogen) atoms. The molecular formula is C11H22Cl. The molecule has 0 heterocycles. The molecule has 0 saturated heterocycles. The van der Waals surface area contributed by atoms with E-state index in [4.69, 9.17) is 11.6 Å². The zero-order chi connectivity index (χ0) is 9.23. The molecule has 0 saturated carbocycles. The maximum absolute atomic E-state index is 5.69. The number of hydrogen-bond acceptors (Lipinski definition) is 0. The van der Waals surface area contributed by atoms with E-state index in [0.717, 1.165) is 12.3 Å². The maximum atomic E-state index is 5.69. The van der Waals surface area contributed by atoms with Crippen LogP contribution in [0.4, 0.5) is 0 Å². The quantitative estimate of drug-likeness (QED) is 0.388. The minimum absolute atomic E-state index is 0.803. The van der Waals surface area contributed by atoms with Crippen molar-refractivity contribution in [3.05, 3.63) is 5.92 Å². The van der Waals surface area contributed by atoms with E-state index >= 15 is 0 Å². The van der Waals surface area contributed by atoms with Crippen molar-refractivity contribution in [2.45, 2.75) is 58.8 Å². The molecule has 0 bridgehead atoms. The largest absolute Gasteiger partial charge is 0.127 e. The number of alkyl halides is 1. The summed E-state index contributed by atoms with van der Waals surface area (Å²) in [5.74, 6) is 2.46. The minimum atomic E-state index is 0.803. The standard InChI is InChI=1S/C11H22Cl/c1-3-5-6-7-8-11(4-2)9-10-12/h3-10H2,1-2H3. The Hall–Kier alpha value is 0.290. The highest BCUT2D eigenvalue weighted by Crippen LogP contribution is 2.20. The zero-order valence-corrected chi connectivity index (χ0v) is 9.29. The molecule has 0 aliphatic carbocycles. The van der Waals surface area contributed by atoms with Crippen molar-refractivity contribution >= 4 is 11.6 Å². The lowest BCUT2D eigenvalue weighted by Gasteiger charge is -2.11. The average Bonchev–Trinajstić information content (AvgIpc) is 2.10. The molecule has 1 heteroatoms. The van der Waals surface area contributed by atoms with Gasteiger partial charge in [0.1, 0.15) is 0 Å². The Balaban J connectivity index is 3.19. The number of rotatable bonds is 8. The third-order valence-electron chi connectivity index (χ3n) is 2.33. The van der Waals surface area contributed by atoms with Crippen molar-refractivity contribution in [2.24, 2.45) is 0 Å². The monoisotopic (exact) mass is 189 g/mol. The highest BCUT2D eigenvalue weighted by atomic mass is 35.5. The van der Waals surface area contributed by atoms with Crippen LogP contribution in [0.3, 0.4) is 0 Å². The fraction of sp³-hybridized carbons (Fsp3) is 0.909. The molecule has 73 valence electrons. The fourth-order valence-electron chi connectivity index (χ4n) is 1.41. The SMILES string of the molecule is CCCCCC[C](CC)CCCl. The fourth-order valence-corrected chi connectivity index (χ4v) is 1.68. The maximum Gasteiger partial charge on any atom is 0.0228 e. The smallest absolute Gasteiger partial charge is 0.0228 e. The lowest BCUT2D eigenvalue weighted by molar-refractivity contribution is 0.604. The number of hydrogen-bond donors (Lipinski definition) is 0. The molecule has 0 atom stereocenters. The second-order valence-electron chi connectivity index (χ2n) is 3.35. The number of unbranched alkanes of at least 4 members (excludes halogenated alkanes) is 3. The van der Waals surface area contributed by atoms with Crippen LogP contribution < -0.4 is 0 Å². The molecule has 0 unspecified atom stereocenters. The first-order valence-corrected chi connectivity index (χ1v) is 5.78. The Labute approximate surface area is 82.7 Å². The van der Waals surface area contributed by atoms with Crippen molar-refractivity contribution in [3.8, 4) is 0 Å². The van der Waals surface area contributed by atoms with Crippen LogP contribution in [0.2, 0.25) is 0 Å². The summed E-state index contributed by atoms with van der Waals surface area (Å²) in [7, 11) is 0. The Kier molecular flexibility index (Phi) is 9.61. The van der Waals surface area contributed by atoms with E-state index in [1.165, 1.54) is 38.5 Å². The third-order valence-corrected chi connectivity index (χ3v) is 2.52. The highest BCUT2D eigenvalue weighted by molar-refractivity contribution is 6.17. The second kappa shape index (κ2) is 9.38. The minimum Gasteiger partial charge on any atom is -0.127 e. The van der Waals surface area contributed by atoms with Crippen LogP contribution in [0.15, 0.2) is 0 Å². The van der Waals surface area contributed by atoms with Crippen LogP contribution in [0.5, 0.6) is 0 Å². The second-order valence-corrected chi connectivity index (χ2v) is 3.73. The predicted octanol–water partition coefficient (Wildman–Crippen LogP) is 4.57. The normalized spacial score (nSPS) is 11.0.